The van der Waals surface area contributed by atoms with Crippen LogP contribution < -0.4 is 5.73 Å². The lowest BCUT2D eigenvalue weighted by Gasteiger charge is -2.12. The van der Waals surface area contributed by atoms with Gasteiger partial charge in [0, 0.05) is 31.6 Å². The Morgan fingerprint density at radius 3 is 2.56 bits per heavy atom. The van der Waals surface area contributed by atoms with E-state index in [-0.39, 0.29) is 0 Å². The Labute approximate surface area is 123 Å². The summed E-state index contributed by atoms with van der Waals surface area (Å²) in [6.07, 6.45) is 5.11. The van der Waals surface area contributed by atoms with Gasteiger partial charge in [0.05, 0.1) is 5.52 Å². The smallest absolute Gasteiger partial charge is 0.0868 e. The standard InChI is InChI=1S/C14H14Br2N2/c15-9-5-10-12(17)7-13(8-3-1-2-4-8)18-14(10)11(16)6-9/h5-8H,1-4H2,(H2,17,18). The van der Waals surface area contributed by atoms with Gasteiger partial charge in [-0.15, -0.1) is 0 Å². The highest BCUT2D eigenvalue weighted by atomic mass is 79.9. The number of nitrogen functional groups attached to an aromatic ring is 1. The molecule has 1 heterocycles. The van der Waals surface area contributed by atoms with Crippen LogP contribution in [0.4, 0.5) is 5.69 Å². The highest BCUT2D eigenvalue weighted by molar-refractivity contribution is 9.11. The summed E-state index contributed by atoms with van der Waals surface area (Å²) in [4.78, 5) is 4.81. The Morgan fingerprint density at radius 1 is 1.11 bits per heavy atom. The normalized spacial score (nSPS) is 16.6. The summed E-state index contributed by atoms with van der Waals surface area (Å²) in [6.45, 7) is 0. The van der Waals surface area contributed by atoms with E-state index in [0.717, 1.165) is 31.2 Å². The minimum absolute atomic E-state index is 0.590. The van der Waals surface area contributed by atoms with Crippen molar-refractivity contribution in [2.24, 2.45) is 0 Å². The van der Waals surface area contributed by atoms with Crippen LogP contribution in [-0.2, 0) is 0 Å². The maximum atomic E-state index is 6.18. The third-order valence-electron chi connectivity index (χ3n) is 3.66. The van der Waals surface area contributed by atoms with Crippen LogP contribution in [0.1, 0.15) is 37.3 Å². The number of aromatic nitrogens is 1. The Hall–Kier alpha value is -0.610. The van der Waals surface area contributed by atoms with Gasteiger partial charge in [-0.1, -0.05) is 28.8 Å². The van der Waals surface area contributed by atoms with E-state index < -0.39 is 0 Å². The zero-order chi connectivity index (χ0) is 12.7. The van der Waals surface area contributed by atoms with Gasteiger partial charge in [-0.25, -0.2) is 0 Å². The Bertz CT molecular complexity index is 604. The molecule has 0 aliphatic heterocycles. The average Bonchev–Trinajstić information content (AvgIpc) is 2.83. The second kappa shape index (κ2) is 4.82. The fourth-order valence-corrected chi connectivity index (χ4v) is 4.04. The van der Waals surface area contributed by atoms with E-state index in [1.54, 1.807) is 0 Å². The minimum atomic E-state index is 0.590. The Balaban J connectivity index is 2.20. The van der Waals surface area contributed by atoms with Crippen molar-refractivity contribution < 1.29 is 0 Å². The van der Waals surface area contributed by atoms with Gasteiger partial charge in [-0.3, -0.25) is 4.98 Å². The first-order valence-corrected chi connectivity index (χ1v) is 7.79. The van der Waals surface area contributed by atoms with Crippen molar-refractivity contribution >= 4 is 48.5 Å². The van der Waals surface area contributed by atoms with Crippen LogP contribution in [0.5, 0.6) is 0 Å². The second-order valence-electron chi connectivity index (χ2n) is 4.90. The molecule has 1 aromatic heterocycles. The summed E-state index contributed by atoms with van der Waals surface area (Å²) < 4.78 is 2.02. The van der Waals surface area contributed by atoms with Crippen LogP contribution >= 0.6 is 31.9 Å². The van der Waals surface area contributed by atoms with E-state index in [9.17, 15) is 0 Å². The van der Waals surface area contributed by atoms with Crippen LogP contribution in [-0.4, -0.2) is 4.98 Å². The molecule has 0 saturated heterocycles. The first-order valence-electron chi connectivity index (χ1n) is 6.20. The van der Waals surface area contributed by atoms with Crippen molar-refractivity contribution in [2.75, 3.05) is 5.73 Å². The lowest BCUT2D eigenvalue weighted by atomic mass is 10.0. The molecule has 2 aromatic rings. The predicted octanol–water partition coefficient (Wildman–Crippen LogP) is 5.00. The quantitative estimate of drug-likeness (QED) is 0.768. The molecule has 2 N–H and O–H groups in total. The number of nitrogens with zero attached hydrogens (tertiary/aromatic N) is 1. The molecule has 18 heavy (non-hydrogen) atoms. The summed E-state index contributed by atoms with van der Waals surface area (Å²) in [5, 5.41) is 1.01. The van der Waals surface area contributed by atoms with Crippen LogP contribution in [0.2, 0.25) is 0 Å². The maximum Gasteiger partial charge on any atom is 0.0868 e. The van der Waals surface area contributed by atoms with E-state index in [1.165, 1.54) is 25.7 Å². The fourth-order valence-electron chi connectivity index (χ4n) is 2.73. The largest absolute Gasteiger partial charge is 0.398 e. The molecule has 94 valence electrons. The molecule has 4 heteroatoms. The first-order chi connectivity index (χ1) is 8.65. The number of halogens is 2. The van der Waals surface area contributed by atoms with Crippen molar-refractivity contribution in [3.05, 3.63) is 32.8 Å². The molecule has 1 saturated carbocycles. The third kappa shape index (κ3) is 2.16. The number of rotatable bonds is 1. The number of nitrogens with two attached hydrogens (primary N) is 1. The molecular formula is C14H14Br2N2. The van der Waals surface area contributed by atoms with E-state index in [1.807, 2.05) is 12.1 Å². The summed E-state index contributed by atoms with van der Waals surface area (Å²) >= 11 is 7.07. The van der Waals surface area contributed by atoms with Gasteiger partial charge in [-0.05, 0) is 47.0 Å². The Kier molecular flexibility index (Phi) is 3.32. The fraction of sp³-hybridized carbons (Fsp3) is 0.357. The van der Waals surface area contributed by atoms with Gasteiger partial charge in [0.15, 0.2) is 0 Å². The van der Waals surface area contributed by atoms with Gasteiger partial charge in [-0.2, -0.15) is 0 Å². The summed E-state index contributed by atoms with van der Waals surface area (Å²) in [5.41, 5.74) is 9.13. The van der Waals surface area contributed by atoms with E-state index >= 15 is 0 Å². The lowest BCUT2D eigenvalue weighted by molar-refractivity contribution is 0.701. The zero-order valence-electron chi connectivity index (χ0n) is 9.92. The van der Waals surface area contributed by atoms with Crippen LogP contribution in [0.15, 0.2) is 27.1 Å². The molecule has 1 aromatic carbocycles. The minimum Gasteiger partial charge on any atom is -0.398 e. The molecule has 1 aliphatic rings. The van der Waals surface area contributed by atoms with Crippen molar-refractivity contribution in [1.29, 1.82) is 0 Å². The molecule has 0 unspecified atom stereocenters. The third-order valence-corrected chi connectivity index (χ3v) is 4.72. The molecule has 0 radical (unpaired) electrons. The van der Waals surface area contributed by atoms with Crippen molar-refractivity contribution in [1.82, 2.24) is 4.98 Å². The second-order valence-corrected chi connectivity index (χ2v) is 6.67. The number of anilines is 1. The van der Waals surface area contributed by atoms with Gasteiger partial charge < -0.3 is 5.73 Å². The van der Waals surface area contributed by atoms with Crippen molar-refractivity contribution in [2.45, 2.75) is 31.6 Å². The monoisotopic (exact) mass is 368 g/mol. The molecule has 3 rings (SSSR count). The number of pyridine rings is 1. The van der Waals surface area contributed by atoms with E-state index in [0.29, 0.717) is 5.92 Å². The molecule has 0 spiro atoms. The molecular weight excluding hydrogens is 356 g/mol. The number of benzene rings is 1. The van der Waals surface area contributed by atoms with E-state index in [2.05, 4.69) is 37.9 Å². The van der Waals surface area contributed by atoms with E-state index in [4.69, 9.17) is 10.7 Å². The number of hydrogen-bond acceptors (Lipinski definition) is 2. The highest BCUT2D eigenvalue weighted by Gasteiger charge is 2.20. The number of hydrogen-bond donors (Lipinski definition) is 1. The molecule has 1 fully saturated rings. The summed E-state index contributed by atoms with van der Waals surface area (Å²) in [7, 11) is 0. The van der Waals surface area contributed by atoms with Gasteiger partial charge >= 0.3 is 0 Å². The maximum absolute atomic E-state index is 6.18. The SMILES string of the molecule is Nc1cc(C2CCCC2)nc2c(Br)cc(Br)cc12. The van der Waals surface area contributed by atoms with Crippen LogP contribution in [0.3, 0.4) is 0 Å². The molecule has 0 atom stereocenters. The molecule has 1 aliphatic carbocycles. The van der Waals surface area contributed by atoms with Crippen molar-refractivity contribution in [3.8, 4) is 0 Å². The lowest BCUT2D eigenvalue weighted by Crippen LogP contribution is -2.00. The predicted molar refractivity (Wildman–Crippen MR) is 82.8 cm³/mol. The molecule has 2 nitrogen and oxygen atoms in total. The highest BCUT2D eigenvalue weighted by Crippen LogP contribution is 2.37. The topological polar surface area (TPSA) is 38.9 Å². The first kappa shape index (κ1) is 12.4. The summed E-state index contributed by atoms with van der Waals surface area (Å²) in [5.74, 6) is 0.590. The van der Waals surface area contributed by atoms with Gasteiger partial charge in [0.1, 0.15) is 0 Å². The van der Waals surface area contributed by atoms with Gasteiger partial charge in [0.2, 0.25) is 0 Å². The molecule has 0 bridgehead atoms. The average molecular weight is 370 g/mol. The van der Waals surface area contributed by atoms with Gasteiger partial charge in [0.25, 0.3) is 0 Å². The Morgan fingerprint density at radius 2 is 1.83 bits per heavy atom. The van der Waals surface area contributed by atoms with Crippen molar-refractivity contribution in [3.63, 3.8) is 0 Å². The van der Waals surface area contributed by atoms with Crippen LogP contribution in [0.25, 0.3) is 10.9 Å². The summed E-state index contributed by atoms with van der Waals surface area (Å²) in [6, 6.07) is 6.10. The molecule has 0 amide bonds. The van der Waals surface area contributed by atoms with Crippen LogP contribution in [0, 0.1) is 0 Å². The number of fused-ring (bicyclic) bond motifs is 1. The zero-order valence-corrected chi connectivity index (χ0v) is 13.1.